The fourth-order valence-electron chi connectivity index (χ4n) is 3.14. The van der Waals surface area contributed by atoms with E-state index in [1.807, 2.05) is 18.2 Å². The molecule has 0 aliphatic carbocycles. The Bertz CT molecular complexity index is 911. The second-order valence-electron chi connectivity index (χ2n) is 5.87. The molecule has 0 amide bonds. The Balaban J connectivity index is 1.69. The van der Waals surface area contributed by atoms with Crippen molar-refractivity contribution in [1.29, 1.82) is 0 Å². The van der Waals surface area contributed by atoms with Gasteiger partial charge in [0.1, 0.15) is 24.1 Å². The van der Waals surface area contributed by atoms with Crippen molar-refractivity contribution < 1.29 is 9.64 Å². The van der Waals surface area contributed by atoms with Gasteiger partial charge in [0.25, 0.3) is 5.56 Å². The molecular weight excluding hydrogens is 316 g/mol. The summed E-state index contributed by atoms with van der Waals surface area (Å²) in [5, 5.41) is 1.42. The molecule has 23 heavy (non-hydrogen) atoms. The molecule has 1 saturated heterocycles. The van der Waals surface area contributed by atoms with Gasteiger partial charge in [-0.1, -0.05) is 17.7 Å². The highest BCUT2D eigenvalue weighted by Crippen LogP contribution is 2.28. The Hall–Kier alpha value is -1.89. The van der Waals surface area contributed by atoms with Crippen molar-refractivity contribution >= 4 is 33.5 Å². The Morgan fingerprint density at radius 2 is 2.17 bits per heavy atom. The molecule has 4 rings (SSSR count). The third-order valence-electron chi connectivity index (χ3n) is 4.45. The maximum atomic E-state index is 12.7. The lowest BCUT2D eigenvalue weighted by atomic mass is 10.2. The number of ether oxygens (including phenoxy) is 1. The summed E-state index contributed by atoms with van der Waals surface area (Å²) in [6.45, 7) is 5.13. The topological polar surface area (TPSA) is 64.3 Å². The van der Waals surface area contributed by atoms with Crippen molar-refractivity contribution in [3.8, 4) is 0 Å². The summed E-state index contributed by atoms with van der Waals surface area (Å²) in [6, 6.07) is 5.58. The quantitative estimate of drug-likeness (QED) is 0.731. The standard InChI is InChI=1S/C16H17ClN4O2/c17-11-2-1-3-12-13(11)14-15(19-12)16(22)21(10-18-14)5-4-20-6-8-23-9-7-20/h1-3,10,19H,4-9H2/p+1. The number of hydrogen-bond donors (Lipinski definition) is 2. The zero-order valence-electron chi connectivity index (χ0n) is 12.6. The average molecular weight is 334 g/mol. The van der Waals surface area contributed by atoms with Crippen molar-refractivity contribution in [1.82, 2.24) is 14.5 Å². The largest absolute Gasteiger partial charge is 0.370 e. The van der Waals surface area contributed by atoms with E-state index >= 15 is 0 Å². The fourth-order valence-corrected chi connectivity index (χ4v) is 3.41. The first kappa shape index (κ1) is 14.7. The van der Waals surface area contributed by atoms with Crippen molar-refractivity contribution in [2.45, 2.75) is 6.54 Å². The molecule has 1 aliphatic rings. The summed E-state index contributed by atoms with van der Waals surface area (Å²) in [4.78, 5) is 21.8. The fraction of sp³-hybridized carbons (Fsp3) is 0.375. The van der Waals surface area contributed by atoms with Gasteiger partial charge in [-0.15, -0.1) is 0 Å². The van der Waals surface area contributed by atoms with E-state index in [0.29, 0.717) is 22.6 Å². The van der Waals surface area contributed by atoms with Gasteiger partial charge in [-0.2, -0.15) is 0 Å². The monoisotopic (exact) mass is 333 g/mol. The van der Waals surface area contributed by atoms with Gasteiger partial charge >= 0.3 is 0 Å². The molecule has 3 aromatic rings. The van der Waals surface area contributed by atoms with E-state index in [1.165, 1.54) is 4.90 Å². The van der Waals surface area contributed by atoms with Crippen LogP contribution in [0.25, 0.3) is 21.9 Å². The molecule has 0 bridgehead atoms. The molecule has 0 spiro atoms. The minimum atomic E-state index is -0.0464. The van der Waals surface area contributed by atoms with Gasteiger partial charge in [-0.25, -0.2) is 4.98 Å². The Morgan fingerprint density at radius 1 is 1.35 bits per heavy atom. The van der Waals surface area contributed by atoms with Crippen LogP contribution in [-0.4, -0.2) is 47.4 Å². The van der Waals surface area contributed by atoms with E-state index in [2.05, 4.69) is 9.97 Å². The first-order valence-corrected chi connectivity index (χ1v) is 8.18. The molecular formula is C16H18ClN4O2+. The number of benzene rings is 1. The zero-order chi connectivity index (χ0) is 15.8. The van der Waals surface area contributed by atoms with Crippen LogP contribution in [0.2, 0.25) is 5.02 Å². The van der Waals surface area contributed by atoms with Gasteiger partial charge in [0.2, 0.25) is 0 Å². The predicted molar refractivity (Wildman–Crippen MR) is 89.3 cm³/mol. The molecule has 1 aromatic carbocycles. The third-order valence-corrected chi connectivity index (χ3v) is 4.77. The molecule has 1 aliphatic heterocycles. The summed E-state index contributed by atoms with van der Waals surface area (Å²) >= 11 is 6.25. The van der Waals surface area contributed by atoms with Gasteiger partial charge in [0.15, 0.2) is 0 Å². The molecule has 2 N–H and O–H groups in total. The van der Waals surface area contributed by atoms with Gasteiger partial charge in [0, 0.05) is 10.9 Å². The molecule has 2 aromatic heterocycles. The molecule has 0 atom stereocenters. The van der Waals surface area contributed by atoms with Crippen LogP contribution < -0.4 is 10.5 Å². The third kappa shape index (κ3) is 2.63. The molecule has 1 fully saturated rings. The van der Waals surface area contributed by atoms with Crippen molar-refractivity contribution in [2.24, 2.45) is 0 Å². The van der Waals surface area contributed by atoms with Crippen LogP contribution in [0, 0.1) is 0 Å². The summed E-state index contributed by atoms with van der Waals surface area (Å²) in [6.07, 6.45) is 1.63. The summed E-state index contributed by atoms with van der Waals surface area (Å²) in [5.41, 5.74) is 1.96. The smallest absolute Gasteiger partial charge is 0.277 e. The van der Waals surface area contributed by atoms with E-state index in [-0.39, 0.29) is 5.56 Å². The number of halogens is 1. The van der Waals surface area contributed by atoms with Crippen LogP contribution in [0.4, 0.5) is 0 Å². The van der Waals surface area contributed by atoms with Crippen LogP contribution >= 0.6 is 11.6 Å². The Kier molecular flexibility index (Phi) is 3.80. The lowest BCUT2D eigenvalue weighted by Gasteiger charge is -2.23. The number of rotatable bonds is 3. The lowest BCUT2D eigenvalue weighted by molar-refractivity contribution is -0.908. The predicted octanol–water partition coefficient (Wildman–Crippen LogP) is 0.446. The van der Waals surface area contributed by atoms with E-state index in [9.17, 15) is 4.79 Å². The van der Waals surface area contributed by atoms with E-state index in [4.69, 9.17) is 16.3 Å². The molecule has 0 saturated carbocycles. The highest BCUT2D eigenvalue weighted by atomic mass is 35.5. The number of aromatic nitrogens is 3. The van der Waals surface area contributed by atoms with E-state index < -0.39 is 0 Å². The van der Waals surface area contributed by atoms with Gasteiger partial charge in [-0.05, 0) is 12.1 Å². The van der Waals surface area contributed by atoms with Gasteiger partial charge in [-0.3, -0.25) is 9.36 Å². The number of nitrogens with zero attached hydrogens (tertiary/aromatic N) is 2. The number of aromatic amines is 1. The minimum absolute atomic E-state index is 0.0464. The van der Waals surface area contributed by atoms with Crippen molar-refractivity contribution in [3.63, 3.8) is 0 Å². The molecule has 0 unspecified atom stereocenters. The van der Waals surface area contributed by atoms with Crippen molar-refractivity contribution in [2.75, 3.05) is 32.8 Å². The lowest BCUT2D eigenvalue weighted by Crippen LogP contribution is -3.14. The SMILES string of the molecule is O=c1c2[nH]c3cccc(Cl)c3c2ncn1CC[NH+]1CCOCC1. The number of fused-ring (bicyclic) bond motifs is 3. The van der Waals surface area contributed by atoms with Gasteiger partial charge < -0.3 is 14.6 Å². The van der Waals surface area contributed by atoms with Crippen LogP contribution in [0.3, 0.4) is 0 Å². The Labute approximate surface area is 137 Å². The maximum absolute atomic E-state index is 12.7. The highest BCUT2D eigenvalue weighted by Gasteiger charge is 2.16. The zero-order valence-corrected chi connectivity index (χ0v) is 13.4. The molecule has 6 nitrogen and oxygen atoms in total. The molecule has 7 heteroatoms. The average Bonchev–Trinajstić information content (AvgIpc) is 2.96. The summed E-state index contributed by atoms with van der Waals surface area (Å²) < 4.78 is 7.03. The summed E-state index contributed by atoms with van der Waals surface area (Å²) in [7, 11) is 0. The summed E-state index contributed by atoms with van der Waals surface area (Å²) in [5.74, 6) is 0. The maximum Gasteiger partial charge on any atom is 0.277 e. The number of quaternary nitrogens is 1. The number of hydrogen-bond acceptors (Lipinski definition) is 3. The number of H-pyrrole nitrogens is 1. The van der Waals surface area contributed by atoms with E-state index in [0.717, 1.165) is 43.8 Å². The second kappa shape index (κ2) is 5.96. The first-order chi connectivity index (χ1) is 11.2. The van der Waals surface area contributed by atoms with E-state index in [1.54, 1.807) is 10.9 Å². The van der Waals surface area contributed by atoms with Crippen LogP contribution in [0.15, 0.2) is 29.3 Å². The molecule has 0 radical (unpaired) electrons. The number of nitrogens with one attached hydrogen (secondary N) is 2. The molecule has 120 valence electrons. The first-order valence-electron chi connectivity index (χ1n) is 7.80. The van der Waals surface area contributed by atoms with Crippen LogP contribution in [0.5, 0.6) is 0 Å². The van der Waals surface area contributed by atoms with Crippen LogP contribution in [-0.2, 0) is 11.3 Å². The molecule has 3 heterocycles. The minimum Gasteiger partial charge on any atom is -0.370 e. The number of morpholine rings is 1. The Morgan fingerprint density at radius 3 is 3.00 bits per heavy atom. The highest BCUT2D eigenvalue weighted by molar-refractivity contribution is 6.37. The van der Waals surface area contributed by atoms with Crippen LogP contribution in [0.1, 0.15) is 0 Å². The second-order valence-corrected chi connectivity index (χ2v) is 6.27. The normalized spacial score (nSPS) is 16.4. The van der Waals surface area contributed by atoms with Gasteiger partial charge in [0.05, 0.1) is 37.7 Å². The van der Waals surface area contributed by atoms with Crippen molar-refractivity contribution in [3.05, 3.63) is 39.9 Å².